The standard InChI is InChI=1S/C15H19N3O3.ClH/c16-9-11-1-3-12(4-2-11)15-17-14(21-18-15)10-20-13-5-7-19-8-6-13;/h1-4,13H,5-10,16H2;1H. The van der Waals surface area contributed by atoms with Crippen molar-refractivity contribution in [2.45, 2.75) is 32.1 Å². The minimum Gasteiger partial charge on any atom is -0.381 e. The molecule has 2 aromatic rings. The highest BCUT2D eigenvalue weighted by molar-refractivity contribution is 5.85. The molecule has 7 heteroatoms. The summed E-state index contributed by atoms with van der Waals surface area (Å²) in [5.41, 5.74) is 7.56. The Bertz CT molecular complexity index is 568. The normalized spacial score (nSPS) is 15.5. The largest absolute Gasteiger partial charge is 0.381 e. The average Bonchev–Trinajstić information content (AvgIpc) is 3.03. The fourth-order valence-electron chi connectivity index (χ4n) is 2.25. The second-order valence-electron chi connectivity index (χ2n) is 5.04. The average molecular weight is 326 g/mol. The van der Waals surface area contributed by atoms with Crippen molar-refractivity contribution in [2.24, 2.45) is 5.73 Å². The number of aromatic nitrogens is 2. The lowest BCUT2D eigenvalue weighted by molar-refractivity contribution is -0.0455. The minimum absolute atomic E-state index is 0. The molecule has 22 heavy (non-hydrogen) atoms. The van der Waals surface area contributed by atoms with Crippen molar-refractivity contribution in [2.75, 3.05) is 13.2 Å². The molecule has 0 amide bonds. The molecule has 1 aliphatic heterocycles. The van der Waals surface area contributed by atoms with Crippen molar-refractivity contribution < 1.29 is 14.0 Å². The van der Waals surface area contributed by atoms with Gasteiger partial charge in [-0.05, 0) is 18.4 Å². The van der Waals surface area contributed by atoms with Gasteiger partial charge in [-0.15, -0.1) is 12.4 Å². The first kappa shape index (κ1) is 16.9. The summed E-state index contributed by atoms with van der Waals surface area (Å²) >= 11 is 0. The van der Waals surface area contributed by atoms with Gasteiger partial charge in [-0.25, -0.2) is 0 Å². The van der Waals surface area contributed by atoms with Crippen LogP contribution in [0.3, 0.4) is 0 Å². The summed E-state index contributed by atoms with van der Waals surface area (Å²) in [5, 5.41) is 3.98. The quantitative estimate of drug-likeness (QED) is 0.908. The van der Waals surface area contributed by atoms with Crippen LogP contribution in [0.4, 0.5) is 0 Å². The van der Waals surface area contributed by atoms with Crippen LogP contribution in [0.2, 0.25) is 0 Å². The van der Waals surface area contributed by atoms with E-state index < -0.39 is 0 Å². The molecule has 0 unspecified atom stereocenters. The van der Waals surface area contributed by atoms with E-state index in [0.29, 0.717) is 24.9 Å². The topological polar surface area (TPSA) is 83.4 Å². The first-order valence-electron chi connectivity index (χ1n) is 7.16. The molecule has 0 bridgehead atoms. The molecule has 1 fully saturated rings. The van der Waals surface area contributed by atoms with Crippen molar-refractivity contribution in [3.05, 3.63) is 35.7 Å². The fourth-order valence-corrected chi connectivity index (χ4v) is 2.25. The van der Waals surface area contributed by atoms with Crippen molar-refractivity contribution in [1.29, 1.82) is 0 Å². The summed E-state index contributed by atoms with van der Waals surface area (Å²) in [6, 6.07) is 7.81. The molecule has 2 heterocycles. The van der Waals surface area contributed by atoms with E-state index in [4.69, 9.17) is 19.7 Å². The van der Waals surface area contributed by atoms with Gasteiger partial charge in [-0.3, -0.25) is 0 Å². The van der Waals surface area contributed by atoms with Gasteiger partial charge in [0, 0.05) is 25.3 Å². The van der Waals surface area contributed by atoms with Crippen LogP contribution in [0.15, 0.2) is 28.8 Å². The number of nitrogens with two attached hydrogens (primary N) is 1. The highest BCUT2D eigenvalue weighted by atomic mass is 35.5. The molecule has 1 aromatic heterocycles. The van der Waals surface area contributed by atoms with E-state index in [0.717, 1.165) is 37.2 Å². The number of ether oxygens (including phenoxy) is 2. The lowest BCUT2D eigenvalue weighted by Crippen LogP contribution is -2.23. The van der Waals surface area contributed by atoms with Crippen LogP contribution < -0.4 is 5.73 Å². The molecular weight excluding hydrogens is 306 g/mol. The first-order chi connectivity index (χ1) is 10.3. The third kappa shape index (κ3) is 4.27. The number of halogens is 1. The monoisotopic (exact) mass is 325 g/mol. The van der Waals surface area contributed by atoms with Gasteiger partial charge in [0.15, 0.2) is 0 Å². The summed E-state index contributed by atoms with van der Waals surface area (Å²) in [6.45, 7) is 2.38. The van der Waals surface area contributed by atoms with Gasteiger partial charge in [-0.1, -0.05) is 29.4 Å². The number of benzene rings is 1. The smallest absolute Gasteiger partial charge is 0.252 e. The van der Waals surface area contributed by atoms with Gasteiger partial charge >= 0.3 is 0 Å². The Hall–Kier alpha value is -1.47. The highest BCUT2D eigenvalue weighted by Gasteiger charge is 2.16. The van der Waals surface area contributed by atoms with E-state index in [1.807, 2.05) is 24.3 Å². The SMILES string of the molecule is Cl.NCc1ccc(-c2noc(COC3CCOCC3)n2)cc1. The van der Waals surface area contributed by atoms with Crippen LogP contribution in [0.5, 0.6) is 0 Å². The third-order valence-electron chi connectivity index (χ3n) is 3.53. The Labute approximate surface area is 135 Å². The maximum absolute atomic E-state index is 5.76. The predicted molar refractivity (Wildman–Crippen MR) is 83.5 cm³/mol. The van der Waals surface area contributed by atoms with Crippen molar-refractivity contribution in [3.63, 3.8) is 0 Å². The van der Waals surface area contributed by atoms with Crippen molar-refractivity contribution >= 4 is 12.4 Å². The predicted octanol–water partition coefficient (Wildman–Crippen LogP) is 2.31. The molecule has 2 N–H and O–H groups in total. The van der Waals surface area contributed by atoms with Crippen LogP contribution in [0.25, 0.3) is 11.4 Å². The molecule has 0 spiro atoms. The van der Waals surface area contributed by atoms with E-state index >= 15 is 0 Å². The van der Waals surface area contributed by atoms with Gasteiger partial charge in [-0.2, -0.15) is 4.98 Å². The van der Waals surface area contributed by atoms with E-state index in [-0.39, 0.29) is 18.5 Å². The second-order valence-corrected chi connectivity index (χ2v) is 5.04. The van der Waals surface area contributed by atoms with Crippen LogP contribution in [0, 0.1) is 0 Å². The van der Waals surface area contributed by atoms with Crippen LogP contribution in [-0.2, 0) is 22.6 Å². The summed E-state index contributed by atoms with van der Waals surface area (Å²) < 4.78 is 16.3. The molecule has 3 rings (SSSR count). The van der Waals surface area contributed by atoms with Gasteiger partial charge < -0.3 is 19.7 Å². The Balaban J connectivity index is 0.00000176. The van der Waals surface area contributed by atoms with E-state index in [2.05, 4.69) is 10.1 Å². The molecule has 1 saturated heterocycles. The molecule has 120 valence electrons. The van der Waals surface area contributed by atoms with Gasteiger partial charge in [0.2, 0.25) is 5.82 Å². The second kappa shape index (κ2) is 8.24. The Morgan fingerprint density at radius 2 is 1.91 bits per heavy atom. The zero-order valence-corrected chi connectivity index (χ0v) is 13.1. The molecule has 1 aliphatic rings. The van der Waals surface area contributed by atoms with Gasteiger partial charge in [0.25, 0.3) is 5.89 Å². The van der Waals surface area contributed by atoms with E-state index in [9.17, 15) is 0 Å². The van der Waals surface area contributed by atoms with E-state index in [1.54, 1.807) is 0 Å². The van der Waals surface area contributed by atoms with Gasteiger partial charge in [0.05, 0.1) is 6.10 Å². The van der Waals surface area contributed by atoms with Crippen molar-refractivity contribution in [3.8, 4) is 11.4 Å². The molecular formula is C15H20ClN3O3. The zero-order chi connectivity index (χ0) is 14.5. The van der Waals surface area contributed by atoms with Crippen LogP contribution >= 0.6 is 12.4 Å². The summed E-state index contributed by atoms with van der Waals surface area (Å²) in [5.74, 6) is 1.07. The minimum atomic E-state index is 0. The van der Waals surface area contributed by atoms with Crippen molar-refractivity contribution in [1.82, 2.24) is 10.1 Å². The fraction of sp³-hybridized carbons (Fsp3) is 0.467. The number of nitrogens with zero attached hydrogens (tertiary/aromatic N) is 2. The molecule has 0 saturated carbocycles. The highest BCUT2D eigenvalue weighted by Crippen LogP contribution is 2.18. The molecule has 6 nitrogen and oxygen atoms in total. The van der Waals surface area contributed by atoms with E-state index in [1.165, 1.54) is 0 Å². The Morgan fingerprint density at radius 3 is 2.59 bits per heavy atom. The molecule has 0 radical (unpaired) electrons. The maximum Gasteiger partial charge on any atom is 0.252 e. The summed E-state index contributed by atoms with van der Waals surface area (Å²) in [7, 11) is 0. The Morgan fingerprint density at radius 1 is 1.18 bits per heavy atom. The van der Waals surface area contributed by atoms with Crippen LogP contribution in [-0.4, -0.2) is 29.5 Å². The summed E-state index contributed by atoms with van der Waals surface area (Å²) in [4.78, 5) is 4.36. The zero-order valence-electron chi connectivity index (χ0n) is 12.2. The Kier molecular flexibility index (Phi) is 6.33. The van der Waals surface area contributed by atoms with Crippen LogP contribution in [0.1, 0.15) is 24.3 Å². The third-order valence-corrected chi connectivity index (χ3v) is 3.53. The maximum atomic E-state index is 5.76. The molecule has 0 atom stereocenters. The first-order valence-corrected chi connectivity index (χ1v) is 7.16. The summed E-state index contributed by atoms with van der Waals surface area (Å²) in [6.07, 6.45) is 2.06. The van der Waals surface area contributed by atoms with Gasteiger partial charge in [0.1, 0.15) is 6.61 Å². The molecule has 0 aliphatic carbocycles. The number of rotatable bonds is 5. The lowest BCUT2D eigenvalue weighted by atomic mass is 10.1. The lowest BCUT2D eigenvalue weighted by Gasteiger charge is -2.21. The molecule has 1 aromatic carbocycles. The number of hydrogen-bond donors (Lipinski definition) is 1. The number of hydrogen-bond acceptors (Lipinski definition) is 6.